The van der Waals surface area contributed by atoms with Gasteiger partial charge < -0.3 is 9.83 Å². The first-order chi connectivity index (χ1) is 9.51. The van der Waals surface area contributed by atoms with E-state index in [4.69, 9.17) is 5.11 Å². The zero-order valence-electron chi connectivity index (χ0n) is 10.4. The number of nitrogens with zero attached hydrogens (tertiary/aromatic N) is 2. The van der Waals surface area contributed by atoms with Crippen molar-refractivity contribution in [1.29, 1.82) is 0 Å². The highest BCUT2D eigenvalue weighted by Crippen LogP contribution is 2.36. The first kappa shape index (κ1) is 13.5. The summed E-state index contributed by atoms with van der Waals surface area (Å²) >= 11 is 1.26. The van der Waals surface area contributed by atoms with Crippen LogP contribution in [0, 0.1) is 0 Å². The lowest BCUT2D eigenvalue weighted by molar-refractivity contribution is -0.140. The normalized spacial score (nSPS) is 26.0. The Bertz CT molecular complexity index is 638. The van der Waals surface area contributed by atoms with Crippen LogP contribution >= 0.6 is 12.1 Å². The van der Waals surface area contributed by atoms with Crippen molar-refractivity contribution in [2.75, 3.05) is 6.54 Å². The standard InChI is InChI=1S/C11H13N3O4S2/c15-11(16)8-3-1-6-14(8)20(17,18)10-4-2-5-13-9(10)7-12-19-13/h2,4-5,7-8,12H,1,3,6H2,(H,15,16). The maximum absolute atomic E-state index is 12.7. The maximum Gasteiger partial charge on any atom is 0.322 e. The molecule has 20 heavy (non-hydrogen) atoms. The predicted molar refractivity (Wildman–Crippen MR) is 74.2 cm³/mol. The summed E-state index contributed by atoms with van der Waals surface area (Å²) in [5, 5.41) is 9.15. The number of carboxylic acids is 1. The smallest absolute Gasteiger partial charge is 0.322 e. The minimum atomic E-state index is -3.81. The van der Waals surface area contributed by atoms with Gasteiger partial charge in [-0.1, -0.05) is 0 Å². The van der Waals surface area contributed by atoms with Crippen molar-refractivity contribution in [2.45, 2.75) is 18.9 Å². The molecule has 0 spiro atoms. The van der Waals surface area contributed by atoms with Gasteiger partial charge in [0.1, 0.15) is 10.9 Å². The van der Waals surface area contributed by atoms with Crippen LogP contribution in [0.1, 0.15) is 12.8 Å². The summed E-state index contributed by atoms with van der Waals surface area (Å²) in [6, 6.07) is -0.970. The molecule has 1 saturated heterocycles. The lowest BCUT2D eigenvalue weighted by atomic mass is 10.2. The second-order valence-corrected chi connectivity index (χ2v) is 7.22. The van der Waals surface area contributed by atoms with Crippen molar-refractivity contribution >= 4 is 28.1 Å². The number of carbonyl (C=O) groups is 1. The van der Waals surface area contributed by atoms with E-state index in [0.29, 0.717) is 18.5 Å². The molecule has 0 aliphatic carbocycles. The maximum atomic E-state index is 12.7. The average molecular weight is 315 g/mol. The van der Waals surface area contributed by atoms with Gasteiger partial charge in [0.05, 0.1) is 17.8 Å². The number of hydrogen-bond donors (Lipinski definition) is 2. The topological polar surface area (TPSA) is 90.0 Å². The molecule has 1 atom stereocenters. The van der Waals surface area contributed by atoms with Gasteiger partial charge in [-0.05, 0) is 25.0 Å². The second-order valence-electron chi connectivity index (χ2n) is 4.55. The quantitative estimate of drug-likeness (QED) is 0.737. The van der Waals surface area contributed by atoms with Crippen molar-refractivity contribution in [3.05, 3.63) is 35.2 Å². The lowest BCUT2D eigenvalue weighted by Gasteiger charge is -2.26. The highest BCUT2D eigenvalue weighted by molar-refractivity contribution is 7.96. The van der Waals surface area contributed by atoms with Gasteiger partial charge in [0.15, 0.2) is 0 Å². The molecular weight excluding hydrogens is 302 g/mol. The molecule has 3 rings (SSSR count). The minimum absolute atomic E-state index is 0.130. The highest BCUT2D eigenvalue weighted by Gasteiger charge is 2.42. The minimum Gasteiger partial charge on any atom is -0.480 e. The highest BCUT2D eigenvalue weighted by atomic mass is 32.2. The van der Waals surface area contributed by atoms with Gasteiger partial charge in [-0.3, -0.25) is 9.10 Å². The Hall–Kier alpha value is -1.45. The van der Waals surface area contributed by atoms with E-state index >= 15 is 0 Å². The molecule has 108 valence electrons. The fraction of sp³-hybridized carbons (Fsp3) is 0.364. The molecule has 0 radical (unpaired) electrons. The van der Waals surface area contributed by atoms with E-state index < -0.39 is 22.0 Å². The van der Waals surface area contributed by atoms with Gasteiger partial charge in [0.2, 0.25) is 10.0 Å². The van der Waals surface area contributed by atoms with Crippen molar-refractivity contribution in [1.82, 2.24) is 13.3 Å². The van der Waals surface area contributed by atoms with E-state index in [-0.39, 0.29) is 11.4 Å². The van der Waals surface area contributed by atoms with Crippen molar-refractivity contribution < 1.29 is 18.3 Å². The first-order valence-corrected chi connectivity index (χ1v) is 8.28. The first-order valence-electron chi connectivity index (χ1n) is 6.07. The van der Waals surface area contributed by atoms with Crippen LogP contribution in [-0.2, 0) is 14.8 Å². The van der Waals surface area contributed by atoms with E-state index in [0.717, 1.165) is 4.31 Å². The molecule has 0 saturated carbocycles. The summed E-state index contributed by atoms with van der Waals surface area (Å²) in [5.74, 6) is -1.09. The lowest BCUT2D eigenvalue weighted by Crippen LogP contribution is -2.41. The van der Waals surface area contributed by atoms with Crippen LogP contribution in [0.25, 0.3) is 0 Å². The summed E-state index contributed by atoms with van der Waals surface area (Å²) in [6.07, 6.45) is 7.40. The fourth-order valence-electron chi connectivity index (χ4n) is 2.46. The molecule has 1 fully saturated rings. The number of aliphatic carboxylic acids is 1. The number of carboxylic acid groups (broad SMARTS) is 1. The molecular formula is C11H13N3O4S2. The molecule has 3 aliphatic heterocycles. The van der Waals surface area contributed by atoms with Crippen LogP contribution in [0.4, 0.5) is 0 Å². The molecule has 0 bridgehead atoms. The molecule has 2 N–H and O–H groups in total. The molecule has 3 heterocycles. The summed E-state index contributed by atoms with van der Waals surface area (Å²) in [4.78, 5) is 11.3. The summed E-state index contributed by atoms with van der Waals surface area (Å²) in [6.45, 7) is 0.244. The van der Waals surface area contributed by atoms with E-state index in [2.05, 4.69) is 4.72 Å². The third kappa shape index (κ3) is 2.02. The van der Waals surface area contributed by atoms with Crippen molar-refractivity contribution in [3.63, 3.8) is 0 Å². The number of nitrogens with one attached hydrogen (secondary N) is 1. The molecule has 0 aromatic heterocycles. The van der Waals surface area contributed by atoms with Crippen LogP contribution in [-0.4, -0.2) is 40.7 Å². The van der Waals surface area contributed by atoms with Gasteiger partial charge in [-0.2, -0.15) is 4.31 Å². The zero-order valence-corrected chi connectivity index (χ0v) is 12.0. The number of rotatable bonds is 3. The van der Waals surface area contributed by atoms with Crippen LogP contribution in [0.5, 0.6) is 0 Å². The number of fused-ring (bicyclic) bond motifs is 1. The van der Waals surface area contributed by atoms with Gasteiger partial charge in [-0.25, -0.2) is 8.42 Å². The Morgan fingerprint density at radius 1 is 1.50 bits per heavy atom. The molecule has 9 heteroatoms. The van der Waals surface area contributed by atoms with E-state index in [1.54, 1.807) is 22.8 Å². The van der Waals surface area contributed by atoms with Crippen LogP contribution in [0.3, 0.4) is 0 Å². The SMILES string of the molecule is O=C(O)C1CCCN1S(=O)(=O)C1=CC=CN2SNC=C12. The fourth-order valence-corrected chi connectivity index (χ4v) is 5.00. The van der Waals surface area contributed by atoms with E-state index in [1.165, 1.54) is 18.2 Å². The second kappa shape index (κ2) is 4.83. The Balaban J connectivity index is 1.98. The van der Waals surface area contributed by atoms with Gasteiger partial charge in [0.25, 0.3) is 0 Å². The van der Waals surface area contributed by atoms with Crippen LogP contribution < -0.4 is 4.72 Å². The van der Waals surface area contributed by atoms with Gasteiger partial charge in [0, 0.05) is 18.9 Å². The number of hydrogen-bond acceptors (Lipinski definition) is 6. The third-order valence-corrected chi connectivity index (χ3v) is 6.07. The molecule has 0 aromatic rings. The van der Waals surface area contributed by atoms with Crippen molar-refractivity contribution in [3.8, 4) is 0 Å². The molecule has 3 aliphatic rings. The Morgan fingerprint density at radius 3 is 3.05 bits per heavy atom. The van der Waals surface area contributed by atoms with Gasteiger partial charge in [-0.15, -0.1) is 0 Å². The Kier molecular flexibility index (Phi) is 3.27. The summed E-state index contributed by atoms with van der Waals surface area (Å²) in [5.41, 5.74) is 0.522. The molecule has 7 nitrogen and oxygen atoms in total. The number of allylic oxidation sites excluding steroid dienone is 2. The molecule has 0 amide bonds. The van der Waals surface area contributed by atoms with Crippen LogP contribution in [0.15, 0.2) is 35.2 Å². The third-order valence-electron chi connectivity index (χ3n) is 3.38. The average Bonchev–Trinajstić information content (AvgIpc) is 3.06. The predicted octanol–water partition coefficient (Wildman–Crippen LogP) is 0.586. The van der Waals surface area contributed by atoms with E-state index in [9.17, 15) is 13.2 Å². The van der Waals surface area contributed by atoms with Crippen molar-refractivity contribution in [2.24, 2.45) is 0 Å². The summed E-state index contributed by atoms with van der Waals surface area (Å²) < 4.78 is 31.1. The number of sulfonamides is 1. The van der Waals surface area contributed by atoms with Crippen LogP contribution in [0.2, 0.25) is 0 Å². The molecule has 0 aromatic carbocycles. The monoisotopic (exact) mass is 315 g/mol. The van der Waals surface area contributed by atoms with Gasteiger partial charge >= 0.3 is 5.97 Å². The molecule has 1 unspecified atom stereocenters. The Morgan fingerprint density at radius 2 is 2.30 bits per heavy atom. The van der Waals surface area contributed by atoms with E-state index in [1.807, 2.05) is 0 Å². The Labute approximate surface area is 120 Å². The largest absolute Gasteiger partial charge is 0.480 e. The summed E-state index contributed by atoms with van der Waals surface area (Å²) in [7, 11) is -3.81. The zero-order chi connectivity index (χ0) is 14.3.